The van der Waals surface area contributed by atoms with Gasteiger partial charge in [0.2, 0.25) is 0 Å². The molecule has 11 heteroatoms. The lowest BCUT2D eigenvalue weighted by Crippen LogP contribution is -2.50. The van der Waals surface area contributed by atoms with Crippen molar-refractivity contribution >= 4 is 6.03 Å². The topological polar surface area (TPSA) is 91.6 Å². The molecule has 0 unspecified atom stereocenters. The minimum absolute atomic E-state index is 0.00813. The Bertz CT molecular complexity index is 1330. The summed E-state index contributed by atoms with van der Waals surface area (Å²) in [6, 6.07) is 11.7. The maximum absolute atomic E-state index is 15.0. The van der Waals surface area contributed by atoms with Gasteiger partial charge in [-0.15, -0.1) is 0 Å². The fourth-order valence-corrected chi connectivity index (χ4v) is 5.80. The molecule has 1 aromatic heterocycles. The van der Waals surface area contributed by atoms with E-state index in [1.54, 1.807) is 11.1 Å². The first-order chi connectivity index (χ1) is 20.3. The molecule has 3 N–H and O–H groups in total. The zero-order chi connectivity index (χ0) is 29.6. The van der Waals surface area contributed by atoms with Crippen molar-refractivity contribution in [1.82, 2.24) is 25.1 Å². The number of aliphatic hydroxyl groups excluding tert-OH is 1. The van der Waals surface area contributed by atoms with Crippen LogP contribution in [0.15, 0.2) is 54.7 Å². The number of urea groups is 1. The molecule has 3 heterocycles. The number of aliphatic hydroxyl groups is 1. The SMILES string of the molecule is [CH2][C@@H](O)CNC(=O)N(C[C@@H]1CNC[C@@H]1F)[C@@H](c1nc(-c2cc(F)ccc2F)cn1Cc1ccccc1)C1CCOCC1. The maximum atomic E-state index is 15.0. The molecule has 2 aromatic carbocycles. The van der Waals surface area contributed by atoms with E-state index < -0.39 is 41.9 Å². The molecular formula is C31H37F3N5O3. The third-order valence-electron chi connectivity index (χ3n) is 7.96. The number of amides is 2. The normalized spacial score (nSPS) is 20.8. The molecule has 4 atom stereocenters. The van der Waals surface area contributed by atoms with E-state index in [2.05, 4.69) is 17.6 Å². The molecular weight excluding hydrogens is 547 g/mol. The van der Waals surface area contributed by atoms with Crippen molar-refractivity contribution in [2.45, 2.75) is 37.7 Å². The number of aromatic nitrogens is 2. The van der Waals surface area contributed by atoms with Crippen LogP contribution in [0.2, 0.25) is 0 Å². The highest BCUT2D eigenvalue weighted by molar-refractivity contribution is 5.75. The van der Waals surface area contributed by atoms with E-state index in [0.29, 0.717) is 45.0 Å². The Kier molecular flexibility index (Phi) is 9.81. The molecule has 0 bridgehead atoms. The molecule has 225 valence electrons. The second kappa shape index (κ2) is 13.7. The lowest BCUT2D eigenvalue weighted by molar-refractivity contribution is 0.0255. The predicted molar refractivity (Wildman–Crippen MR) is 152 cm³/mol. The van der Waals surface area contributed by atoms with E-state index in [4.69, 9.17) is 9.72 Å². The zero-order valence-electron chi connectivity index (χ0n) is 23.4. The number of nitrogens with one attached hydrogen (secondary N) is 2. The maximum Gasteiger partial charge on any atom is 0.318 e. The van der Waals surface area contributed by atoms with Crippen molar-refractivity contribution < 1.29 is 27.8 Å². The predicted octanol–water partition coefficient (Wildman–Crippen LogP) is 4.11. The third kappa shape index (κ3) is 7.14. The fourth-order valence-electron chi connectivity index (χ4n) is 5.80. The average molecular weight is 585 g/mol. The number of rotatable bonds is 10. The minimum atomic E-state index is -1.14. The number of carbonyl (C=O) groups excluding carboxylic acids is 1. The van der Waals surface area contributed by atoms with Crippen LogP contribution in [0.25, 0.3) is 11.3 Å². The number of hydrogen-bond donors (Lipinski definition) is 3. The van der Waals surface area contributed by atoms with Crippen LogP contribution in [-0.4, -0.2) is 77.3 Å². The monoisotopic (exact) mass is 584 g/mol. The van der Waals surface area contributed by atoms with Gasteiger partial charge in [-0.3, -0.25) is 0 Å². The molecule has 2 fully saturated rings. The number of imidazole rings is 1. The molecule has 8 nitrogen and oxygen atoms in total. The highest BCUT2D eigenvalue weighted by Crippen LogP contribution is 2.38. The van der Waals surface area contributed by atoms with Gasteiger partial charge >= 0.3 is 6.03 Å². The smallest absolute Gasteiger partial charge is 0.318 e. The van der Waals surface area contributed by atoms with Gasteiger partial charge in [0.15, 0.2) is 0 Å². The summed E-state index contributed by atoms with van der Waals surface area (Å²) in [6.07, 6.45) is 0.751. The Hall–Kier alpha value is -3.41. The number of nitrogens with zero attached hydrogens (tertiary/aromatic N) is 3. The number of hydrogen-bond acceptors (Lipinski definition) is 5. The minimum Gasteiger partial charge on any atom is -0.391 e. The summed E-state index contributed by atoms with van der Waals surface area (Å²) in [5.41, 5.74) is 1.19. The number of alkyl halides is 1. The van der Waals surface area contributed by atoms with E-state index in [9.17, 15) is 23.1 Å². The molecule has 0 aliphatic carbocycles. The van der Waals surface area contributed by atoms with Gasteiger partial charge < -0.3 is 29.9 Å². The molecule has 0 spiro atoms. The highest BCUT2D eigenvalue weighted by atomic mass is 19.1. The number of carbonyl (C=O) groups is 1. The quantitative estimate of drug-likeness (QED) is 0.334. The Morgan fingerprint density at radius 1 is 1.19 bits per heavy atom. The van der Waals surface area contributed by atoms with Gasteiger partial charge in [-0.2, -0.15) is 0 Å². The van der Waals surface area contributed by atoms with E-state index in [0.717, 1.165) is 23.8 Å². The number of halogens is 3. The van der Waals surface area contributed by atoms with E-state index in [-0.39, 0.29) is 36.8 Å². The van der Waals surface area contributed by atoms with Crippen LogP contribution in [0.4, 0.5) is 18.0 Å². The molecule has 2 aliphatic heterocycles. The van der Waals surface area contributed by atoms with Crippen molar-refractivity contribution in [2.24, 2.45) is 11.8 Å². The van der Waals surface area contributed by atoms with Gasteiger partial charge in [-0.1, -0.05) is 30.3 Å². The summed E-state index contributed by atoms with van der Waals surface area (Å²) in [7, 11) is 0. The van der Waals surface area contributed by atoms with E-state index in [1.807, 2.05) is 34.9 Å². The summed E-state index contributed by atoms with van der Waals surface area (Å²) in [4.78, 5) is 20.3. The van der Waals surface area contributed by atoms with Crippen LogP contribution in [0.3, 0.4) is 0 Å². The lowest BCUT2D eigenvalue weighted by Gasteiger charge is -2.40. The van der Waals surface area contributed by atoms with Gasteiger partial charge in [0.05, 0.1) is 17.8 Å². The van der Waals surface area contributed by atoms with Gasteiger partial charge in [-0.05, 0) is 49.4 Å². The summed E-state index contributed by atoms with van der Waals surface area (Å²) in [5, 5.41) is 15.6. The summed E-state index contributed by atoms with van der Waals surface area (Å²) in [6.45, 7) is 5.48. The van der Waals surface area contributed by atoms with Crippen LogP contribution in [0.1, 0.15) is 30.3 Å². The first kappa shape index (κ1) is 30.1. The van der Waals surface area contributed by atoms with Crippen molar-refractivity contribution in [2.75, 3.05) is 39.4 Å². The molecule has 1 radical (unpaired) electrons. The van der Waals surface area contributed by atoms with Crippen molar-refractivity contribution in [3.63, 3.8) is 0 Å². The zero-order valence-corrected chi connectivity index (χ0v) is 23.4. The average Bonchev–Trinajstić information content (AvgIpc) is 3.59. The highest BCUT2D eigenvalue weighted by Gasteiger charge is 2.40. The number of benzene rings is 2. The molecule has 5 rings (SSSR count). The van der Waals surface area contributed by atoms with Crippen molar-refractivity contribution in [1.29, 1.82) is 0 Å². The molecule has 2 aliphatic rings. The second-order valence-corrected chi connectivity index (χ2v) is 11.0. The van der Waals surface area contributed by atoms with Gasteiger partial charge in [-0.25, -0.2) is 22.9 Å². The molecule has 0 saturated carbocycles. The molecule has 3 aromatic rings. The Morgan fingerprint density at radius 3 is 2.64 bits per heavy atom. The summed E-state index contributed by atoms with van der Waals surface area (Å²) in [5.74, 6) is -1.30. The van der Waals surface area contributed by atoms with Crippen LogP contribution in [0, 0.1) is 30.4 Å². The van der Waals surface area contributed by atoms with Crippen LogP contribution >= 0.6 is 0 Å². The van der Waals surface area contributed by atoms with Crippen molar-refractivity contribution in [3.05, 3.63) is 84.7 Å². The van der Waals surface area contributed by atoms with Gasteiger partial charge in [0.25, 0.3) is 0 Å². The largest absolute Gasteiger partial charge is 0.391 e. The van der Waals surface area contributed by atoms with E-state index >= 15 is 0 Å². The molecule has 2 amide bonds. The summed E-state index contributed by atoms with van der Waals surface area (Å²) < 4.78 is 51.6. The van der Waals surface area contributed by atoms with E-state index in [1.165, 1.54) is 0 Å². The van der Waals surface area contributed by atoms with Crippen LogP contribution < -0.4 is 10.6 Å². The Morgan fingerprint density at radius 2 is 1.95 bits per heavy atom. The van der Waals surface area contributed by atoms with Crippen LogP contribution in [0.5, 0.6) is 0 Å². The Balaban J connectivity index is 1.63. The summed E-state index contributed by atoms with van der Waals surface area (Å²) >= 11 is 0. The Labute approximate surface area is 243 Å². The first-order valence-corrected chi connectivity index (χ1v) is 14.3. The number of ether oxygens (including phenoxy) is 1. The van der Waals surface area contributed by atoms with Gasteiger partial charge in [0.1, 0.15) is 23.6 Å². The fraction of sp³-hybridized carbons (Fsp3) is 0.452. The standard InChI is InChI=1S/C31H37F3N5O3/c1-20(40)14-36-31(41)39(18-23-15-35-16-27(23)34)29(22-9-11-42-12-10-22)30-37-28(25-13-24(32)7-8-26(25)33)19-38(30)17-21-5-3-2-4-6-21/h2-8,13,19-20,22-23,27,29,35,40H,1,9-12,14-18H2,(H,36,41)/t20-,23+,27+,29-/m1/s1. The van der Waals surface area contributed by atoms with Gasteiger partial charge in [0, 0.05) is 63.6 Å². The first-order valence-electron chi connectivity index (χ1n) is 14.3. The van der Waals surface area contributed by atoms with Crippen molar-refractivity contribution in [3.8, 4) is 11.3 Å². The lowest BCUT2D eigenvalue weighted by atomic mass is 9.89. The van der Waals surface area contributed by atoms with Crippen LogP contribution in [-0.2, 0) is 11.3 Å². The third-order valence-corrected chi connectivity index (χ3v) is 7.96. The molecule has 42 heavy (non-hydrogen) atoms. The second-order valence-electron chi connectivity index (χ2n) is 11.0. The molecule has 2 saturated heterocycles.